The highest BCUT2D eigenvalue weighted by Crippen LogP contribution is 2.12. The minimum Gasteiger partial charge on any atom is -0.391 e. The molecule has 3 atom stereocenters. The molecular weight excluding hydrogens is 198 g/mol. The lowest BCUT2D eigenvalue weighted by Crippen LogP contribution is -2.23. The zero-order valence-corrected chi connectivity index (χ0v) is 9.17. The number of aliphatic hydroxyl groups excluding tert-OH is 1. The lowest BCUT2D eigenvalue weighted by molar-refractivity contribution is 0.116. The Bertz CT molecular complexity index is 301. The average molecular weight is 215 g/mol. The highest BCUT2D eigenvalue weighted by Gasteiger charge is 2.19. The van der Waals surface area contributed by atoms with Gasteiger partial charge in [-0.05, 0) is 13.8 Å². The maximum Gasteiger partial charge on any atom is 0.246 e. The molecule has 0 radical (unpaired) electrons. The fraction of sp³-hybridized carbons (Fsp3) is 0.778. The van der Waals surface area contributed by atoms with Crippen molar-refractivity contribution >= 4 is 0 Å². The van der Waals surface area contributed by atoms with Gasteiger partial charge in [0.15, 0.2) is 5.82 Å². The van der Waals surface area contributed by atoms with E-state index in [2.05, 4.69) is 10.1 Å². The minimum atomic E-state index is -0.710. The molecule has 6 nitrogen and oxygen atoms in total. The quantitative estimate of drug-likeness (QED) is 0.719. The van der Waals surface area contributed by atoms with Gasteiger partial charge in [0.05, 0.1) is 12.2 Å². The largest absolute Gasteiger partial charge is 0.391 e. The summed E-state index contributed by atoms with van der Waals surface area (Å²) in [6.07, 6.45) is -0.122. The predicted molar refractivity (Wildman–Crippen MR) is 53.1 cm³/mol. The molecule has 0 amide bonds. The maximum absolute atomic E-state index is 9.23. The van der Waals surface area contributed by atoms with Crippen LogP contribution >= 0.6 is 0 Å². The molecule has 0 spiro atoms. The van der Waals surface area contributed by atoms with E-state index in [1.807, 2.05) is 6.92 Å². The van der Waals surface area contributed by atoms with E-state index in [-0.39, 0.29) is 12.0 Å². The van der Waals surface area contributed by atoms with Crippen molar-refractivity contribution in [3.63, 3.8) is 0 Å². The number of hydrogen-bond acceptors (Lipinski definition) is 6. The third kappa shape index (κ3) is 3.26. The van der Waals surface area contributed by atoms with Crippen molar-refractivity contribution < 1.29 is 14.4 Å². The maximum atomic E-state index is 9.23. The van der Waals surface area contributed by atoms with E-state index in [4.69, 9.17) is 15.0 Å². The highest BCUT2D eigenvalue weighted by atomic mass is 16.5. The Labute approximate surface area is 88.4 Å². The van der Waals surface area contributed by atoms with Crippen molar-refractivity contribution in [1.82, 2.24) is 10.1 Å². The lowest BCUT2D eigenvalue weighted by Gasteiger charge is -2.08. The molecule has 0 saturated carbocycles. The van der Waals surface area contributed by atoms with Crippen LogP contribution in [0.25, 0.3) is 0 Å². The van der Waals surface area contributed by atoms with Crippen LogP contribution in [-0.2, 0) is 11.2 Å². The molecule has 1 heterocycles. The Kier molecular flexibility index (Phi) is 4.19. The molecule has 86 valence electrons. The number of aliphatic hydroxyl groups is 1. The number of nitrogens with zero attached hydrogens (tertiary/aromatic N) is 2. The summed E-state index contributed by atoms with van der Waals surface area (Å²) < 4.78 is 10.0. The first-order valence-corrected chi connectivity index (χ1v) is 4.83. The van der Waals surface area contributed by atoms with Crippen LogP contribution in [0.4, 0.5) is 0 Å². The summed E-state index contributed by atoms with van der Waals surface area (Å²) >= 11 is 0. The van der Waals surface area contributed by atoms with Crippen LogP contribution in [0.2, 0.25) is 0 Å². The topological polar surface area (TPSA) is 94.4 Å². The number of nitrogens with two attached hydrogens (primary N) is 1. The van der Waals surface area contributed by atoms with Crippen molar-refractivity contribution in [2.45, 2.75) is 38.5 Å². The van der Waals surface area contributed by atoms with Crippen LogP contribution in [0, 0.1) is 0 Å². The van der Waals surface area contributed by atoms with Gasteiger partial charge in [0.1, 0.15) is 6.04 Å². The number of methoxy groups -OCH3 is 1. The molecule has 15 heavy (non-hydrogen) atoms. The summed E-state index contributed by atoms with van der Waals surface area (Å²) in [7, 11) is 1.62. The number of aromatic nitrogens is 2. The molecule has 0 fully saturated rings. The Morgan fingerprint density at radius 2 is 2.20 bits per heavy atom. The second-order valence-corrected chi connectivity index (χ2v) is 3.57. The zero-order valence-electron chi connectivity index (χ0n) is 9.17. The molecule has 0 aliphatic rings. The molecule has 3 unspecified atom stereocenters. The molecule has 1 rings (SSSR count). The Morgan fingerprint density at radius 3 is 2.73 bits per heavy atom. The van der Waals surface area contributed by atoms with Crippen molar-refractivity contribution in [3.8, 4) is 0 Å². The van der Waals surface area contributed by atoms with Gasteiger partial charge in [-0.3, -0.25) is 0 Å². The first-order chi connectivity index (χ1) is 7.04. The third-order valence-electron chi connectivity index (χ3n) is 2.16. The predicted octanol–water partition coefficient (Wildman–Crippen LogP) is 0.0276. The summed E-state index contributed by atoms with van der Waals surface area (Å²) in [5.74, 6) is 0.791. The Hall–Kier alpha value is -0.980. The molecule has 0 saturated heterocycles. The minimum absolute atomic E-state index is 0.0261. The van der Waals surface area contributed by atoms with Gasteiger partial charge in [0, 0.05) is 13.5 Å². The van der Waals surface area contributed by atoms with Crippen LogP contribution in [0.3, 0.4) is 0 Å². The summed E-state index contributed by atoms with van der Waals surface area (Å²) in [6.45, 7) is 3.48. The average Bonchev–Trinajstić information content (AvgIpc) is 2.64. The van der Waals surface area contributed by atoms with Gasteiger partial charge in [0.2, 0.25) is 5.89 Å². The van der Waals surface area contributed by atoms with Gasteiger partial charge < -0.3 is 20.1 Å². The smallest absolute Gasteiger partial charge is 0.246 e. The van der Waals surface area contributed by atoms with Gasteiger partial charge in [-0.25, -0.2) is 0 Å². The van der Waals surface area contributed by atoms with Crippen LogP contribution in [0.1, 0.15) is 31.6 Å². The van der Waals surface area contributed by atoms with Gasteiger partial charge in [-0.15, -0.1) is 0 Å². The standard InChI is InChI=1S/C9H17N3O3/c1-5(14-3)4-7-11-9(15-12-7)8(10)6(2)13/h5-6,8,13H,4,10H2,1-3H3. The SMILES string of the molecule is COC(C)Cc1noc(C(N)C(C)O)n1. The van der Waals surface area contributed by atoms with E-state index in [0.717, 1.165) is 0 Å². The van der Waals surface area contributed by atoms with E-state index in [1.165, 1.54) is 0 Å². The van der Waals surface area contributed by atoms with E-state index in [0.29, 0.717) is 12.2 Å². The fourth-order valence-electron chi connectivity index (χ4n) is 1.03. The molecule has 3 N–H and O–H groups in total. The fourth-order valence-corrected chi connectivity index (χ4v) is 1.03. The van der Waals surface area contributed by atoms with Gasteiger partial charge in [-0.1, -0.05) is 5.16 Å². The highest BCUT2D eigenvalue weighted by molar-refractivity contribution is 4.94. The summed E-state index contributed by atoms with van der Waals surface area (Å²) in [6, 6.07) is -0.635. The lowest BCUT2D eigenvalue weighted by atomic mass is 10.2. The van der Waals surface area contributed by atoms with Crippen molar-refractivity contribution in [2.75, 3.05) is 7.11 Å². The third-order valence-corrected chi connectivity index (χ3v) is 2.16. The van der Waals surface area contributed by atoms with Crippen molar-refractivity contribution in [3.05, 3.63) is 11.7 Å². The van der Waals surface area contributed by atoms with E-state index < -0.39 is 12.1 Å². The van der Waals surface area contributed by atoms with Gasteiger partial charge in [0.25, 0.3) is 0 Å². The first kappa shape index (κ1) is 12.1. The summed E-state index contributed by atoms with van der Waals surface area (Å²) in [5, 5.41) is 13.0. The zero-order chi connectivity index (χ0) is 11.4. The number of ether oxygens (including phenoxy) is 1. The molecule has 6 heteroatoms. The van der Waals surface area contributed by atoms with E-state index in [9.17, 15) is 5.11 Å². The monoisotopic (exact) mass is 215 g/mol. The van der Waals surface area contributed by atoms with Crippen LogP contribution in [-0.4, -0.2) is 34.6 Å². The van der Waals surface area contributed by atoms with E-state index in [1.54, 1.807) is 14.0 Å². The second-order valence-electron chi connectivity index (χ2n) is 3.57. The van der Waals surface area contributed by atoms with E-state index >= 15 is 0 Å². The molecule has 0 bridgehead atoms. The normalized spacial score (nSPS) is 17.4. The summed E-state index contributed by atoms with van der Waals surface area (Å²) in [5.41, 5.74) is 5.64. The first-order valence-electron chi connectivity index (χ1n) is 4.83. The Balaban J connectivity index is 2.63. The molecule has 0 aliphatic carbocycles. The number of rotatable bonds is 5. The molecule has 0 aromatic carbocycles. The van der Waals surface area contributed by atoms with Crippen LogP contribution in [0.15, 0.2) is 4.52 Å². The van der Waals surface area contributed by atoms with Gasteiger partial charge >= 0.3 is 0 Å². The number of hydrogen-bond donors (Lipinski definition) is 2. The molecule has 0 aliphatic heterocycles. The second kappa shape index (κ2) is 5.20. The van der Waals surface area contributed by atoms with Crippen LogP contribution < -0.4 is 5.73 Å². The van der Waals surface area contributed by atoms with Crippen LogP contribution in [0.5, 0.6) is 0 Å². The Morgan fingerprint density at radius 1 is 1.53 bits per heavy atom. The molecule has 1 aromatic rings. The molecule has 1 aromatic heterocycles. The molecular formula is C9H17N3O3. The van der Waals surface area contributed by atoms with Gasteiger partial charge in [-0.2, -0.15) is 4.98 Å². The summed E-state index contributed by atoms with van der Waals surface area (Å²) in [4.78, 5) is 4.08. The van der Waals surface area contributed by atoms with Crippen molar-refractivity contribution in [2.24, 2.45) is 5.73 Å². The van der Waals surface area contributed by atoms with Crippen molar-refractivity contribution in [1.29, 1.82) is 0 Å².